The monoisotopic (exact) mass is 383 g/mol. The zero-order valence-electron chi connectivity index (χ0n) is 16.2. The number of hydrogen-bond acceptors (Lipinski definition) is 3. The van der Waals surface area contributed by atoms with Crippen LogP contribution >= 0.6 is 0 Å². The van der Waals surface area contributed by atoms with Crippen molar-refractivity contribution in [2.45, 2.75) is 39.2 Å². The molecule has 0 bridgehead atoms. The molecule has 4 rings (SSSR count). The van der Waals surface area contributed by atoms with Crippen LogP contribution in [0.1, 0.15) is 47.2 Å². The lowest BCUT2D eigenvalue weighted by molar-refractivity contribution is 0.0718. The molecule has 5 heteroatoms. The van der Waals surface area contributed by atoms with Crippen molar-refractivity contribution in [1.82, 2.24) is 4.90 Å². The number of hydrogen-bond donors (Lipinski definition) is 1. The first-order valence-corrected chi connectivity index (χ1v) is 10.0. The molecular weight excluding hydrogens is 357 g/mol. The molecule has 0 aromatic heterocycles. The second kappa shape index (κ2) is 7.82. The van der Waals surface area contributed by atoms with E-state index >= 15 is 0 Å². The quantitative estimate of drug-likeness (QED) is 0.816. The van der Waals surface area contributed by atoms with Crippen LogP contribution in [-0.2, 0) is 6.54 Å². The molecule has 2 aliphatic rings. The predicted octanol–water partition coefficient (Wildman–Crippen LogP) is 4.68. The molecule has 1 heterocycles. The van der Waals surface area contributed by atoms with Gasteiger partial charge in [-0.3, -0.25) is 4.79 Å². The van der Waals surface area contributed by atoms with Crippen molar-refractivity contribution in [2.75, 3.05) is 13.2 Å². The van der Waals surface area contributed by atoms with Gasteiger partial charge in [-0.2, -0.15) is 0 Å². The van der Waals surface area contributed by atoms with E-state index in [1.807, 2.05) is 12.1 Å². The van der Waals surface area contributed by atoms with E-state index < -0.39 is 0 Å². The fourth-order valence-corrected chi connectivity index (χ4v) is 4.35. The number of rotatable bonds is 5. The van der Waals surface area contributed by atoms with Gasteiger partial charge in [0.25, 0.3) is 5.91 Å². The number of phenols is 1. The highest BCUT2D eigenvalue weighted by Crippen LogP contribution is 2.33. The number of halogens is 1. The SMILES string of the molecule is Cc1ccc2c(c1F)C(=O)N(CC1CCC(COc3cccc(O)c3)CC1)C2. The van der Waals surface area contributed by atoms with Crippen molar-refractivity contribution < 1.29 is 19.0 Å². The van der Waals surface area contributed by atoms with Crippen LogP contribution in [0, 0.1) is 24.6 Å². The van der Waals surface area contributed by atoms with Gasteiger partial charge in [-0.05, 0) is 67.7 Å². The van der Waals surface area contributed by atoms with E-state index in [2.05, 4.69) is 0 Å². The fraction of sp³-hybridized carbons (Fsp3) is 0.435. The van der Waals surface area contributed by atoms with E-state index in [9.17, 15) is 14.3 Å². The van der Waals surface area contributed by atoms with Gasteiger partial charge in [0.15, 0.2) is 0 Å². The van der Waals surface area contributed by atoms with Crippen molar-refractivity contribution in [3.63, 3.8) is 0 Å². The first kappa shape index (κ1) is 18.8. The zero-order valence-corrected chi connectivity index (χ0v) is 16.2. The molecule has 1 aliphatic carbocycles. The number of phenolic OH excluding ortho intramolecular Hbond substituents is 1. The molecular formula is C23H26FNO3. The lowest BCUT2D eigenvalue weighted by atomic mass is 9.82. The van der Waals surface area contributed by atoms with Gasteiger partial charge in [0.05, 0.1) is 12.2 Å². The molecule has 0 spiro atoms. The van der Waals surface area contributed by atoms with E-state index in [0.717, 1.165) is 31.2 Å². The molecule has 148 valence electrons. The summed E-state index contributed by atoms with van der Waals surface area (Å²) in [6.07, 6.45) is 4.23. The smallest absolute Gasteiger partial charge is 0.257 e. The molecule has 0 atom stereocenters. The molecule has 0 saturated heterocycles. The van der Waals surface area contributed by atoms with Gasteiger partial charge in [0.2, 0.25) is 0 Å². The first-order valence-electron chi connectivity index (χ1n) is 10.0. The Kier molecular flexibility index (Phi) is 5.25. The third-order valence-electron chi connectivity index (χ3n) is 6.03. The summed E-state index contributed by atoms with van der Waals surface area (Å²) < 4.78 is 20.1. The van der Waals surface area contributed by atoms with Gasteiger partial charge >= 0.3 is 0 Å². The Balaban J connectivity index is 1.27. The van der Waals surface area contributed by atoms with Gasteiger partial charge in [0, 0.05) is 19.2 Å². The summed E-state index contributed by atoms with van der Waals surface area (Å²) in [6, 6.07) is 10.5. The summed E-state index contributed by atoms with van der Waals surface area (Å²) in [5, 5.41) is 9.50. The lowest BCUT2D eigenvalue weighted by Gasteiger charge is -2.31. The Bertz CT molecular complexity index is 874. The Labute approximate surface area is 164 Å². The molecule has 0 radical (unpaired) electrons. The number of carbonyl (C=O) groups excluding carboxylic acids is 1. The largest absolute Gasteiger partial charge is 0.508 e. The van der Waals surface area contributed by atoms with Gasteiger partial charge in [-0.25, -0.2) is 4.39 Å². The highest BCUT2D eigenvalue weighted by molar-refractivity contribution is 5.98. The highest BCUT2D eigenvalue weighted by atomic mass is 19.1. The summed E-state index contributed by atoms with van der Waals surface area (Å²) in [5.74, 6) is 1.33. The second-order valence-corrected chi connectivity index (χ2v) is 8.11. The molecule has 28 heavy (non-hydrogen) atoms. The maximum absolute atomic E-state index is 14.3. The Morgan fingerprint density at radius 3 is 2.64 bits per heavy atom. The predicted molar refractivity (Wildman–Crippen MR) is 105 cm³/mol. The number of amides is 1. The molecule has 4 nitrogen and oxygen atoms in total. The summed E-state index contributed by atoms with van der Waals surface area (Å²) in [7, 11) is 0. The summed E-state index contributed by atoms with van der Waals surface area (Å²) in [5.41, 5.74) is 1.61. The van der Waals surface area contributed by atoms with E-state index in [1.165, 1.54) is 0 Å². The number of benzene rings is 2. The number of aryl methyl sites for hydroxylation is 1. The van der Waals surface area contributed by atoms with Crippen molar-refractivity contribution in [3.8, 4) is 11.5 Å². The van der Waals surface area contributed by atoms with E-state index in [-0.39, 0.29) is 23.0 Å². The van der Waals surface area contributed by atoms with Crippen LogP contribution in [-0.4, -0.2) is 29.1 Å². The molecule has 1 aliphatic heterocycles. The molecule has 1 fully saturated rings. The molecule has 1 N–H and O–H groups in total. The van der Waals surface area contributed by atoms with E-state index in [1.54, 1.807) is 36.1 Å². The van der Waals surface area contributed by atoms with Crippen molar-refractivity contribution in [3.05, 3.63) is 58.9 Å². The lowest BCUT2D eigenvalue weighted by Crippen LogP contribution is -2.32. The minimum Gasteiger partial charge on any atom is -0.508 e. The van der Waals surface area contributed by atoms with Gasteiger partial charge in [0.1, 0.15) is 17.3 Å². The summed E-state index contributed by atoms with van der Waals surface area (Å²) >= 11 is 0. The van der Waals surface area contributed by atoms with E-state index in [4.69, 9.17) is 4.74 Å². The topological polar surface area (TPSA) is 49.8 Å². The normalized spacial score (nSPS) is 21.6. The van der Waals surface area contributed by atoms with Gasteiger partial charge < -0.3 is 14.7 Å². The average molecular weight is 383 g/mol. The number of aromatic hydroxyl groups is 1. The minimum absolute atomic E-state index is 0.162. The number of carbonyl (C=O) groups is 1. The Hall–Kier alpha value is -2.56. The van der Waals surface area contributed by atoms with Crippen LogP contribution in [0.5, 0.6) is 11.5 Å². The molecule has 2 aromatic carbocycles. The molecule has 1 saturated carbocycles. The summed E-state index contributed by atoms with van der Waals surface area (Å²) in [4.78, 5) is 14.4. The van der Waals surface area contributed by atoms with Crippen LogP contribution in [0.25, 0.3) is 0 Å². The molecule has 0 unspecified atom stereocenters. The number of fused-ring (bicyclic) bond motifs is 1. The maximum atomic E-state index is 14.3. The van der Waals surface area contributed by atoms with Crippen LogP contribution in [0.4, 0.5) is 4.39 Å². The van der Waals surface area contributed by atoms with Crippen LogP contribution in [0.15, 0.2) is 36.4 Å². The first-order chi connectivity index (χ1) is 13.5. The van der Waals surface area contributed by atoms with Crippen LogP contribution < -0.4 is 4.74 Å². The van der Waals surface area contributed by atoms with Crippen LogP contribution in [0.2, 0.25) is 0 Å². The number of nitrogens with zero attached hydrogens (tertiary/aromatic N) is 1. The van der Waals surface area contributed by atoms with Crippen molar-refractivity contribution in [2.24, 2.45) is 11.8 Å². The van der Waals surface area contributed by atoms with Gasteiger partial charge in [-0.15, -0.1) is 0 Å². The standard InChI is InChI=1S/C23H26FNO3/c1-15-5-10-18-13-25(23(27)21(18)22(15)24)12-16-6-8-17(9-7-16)14-28-20-4-2-3-19(26)11-20/h2-5,10-11,16-17,26H,6-9,12-14H2,1H3. The van der Waals surface area contributed by atoms with Gasteiger partial charge in [-0.1, -0.05) is 18.2 Å². The molecule has 1 amide bonds. The van der Waals surface area contributed by atoms with E-state index in [0.29, 0.717) is 42.8 Å². The minimum atomic E-state index is -0.363. The van der Waals surface area contributed by atoms with Crippen LogP contribution in [0.3, 0.4) is 0 Å². The maximum Gasteiger partial charge on any atom is 0.257 e. The zero-order chi connectivity index (χ0) is 19.7. The fourth-order valence-electron chi connectivity index (χ4n) is 4.35. The third kappa shape index (κ3) is 3.84. The Morgan fingerprint density at radius 2 is 1.89 bits per heavy atom. The average Bonchev–Trinajstić information content (AvgIpc) is 3.00. The van der Waals surface area contributed by atoms with Crippen molar-refractivity contribution in [1.29, 1.82) is 0 Å². The van der Waals surface area contributed by atoms with Crippen molar-refractivity contribution >= 4 is 5.91 Å². The second-order valence-electron chi connectivity index (χ2n) is 8.11. The summed E-state index contributed by atoms with van der Waals surface area (Å²) in [6.45, 7) is 3.57. The third-order valence-corrected chi connectivity index (χ3v) is 6.03. The number of ether oxygens (including phenoxy) is 1. The Morgan fingerprint density at radius 1 is 1.14 bits per heavy atom. The highest BCUT2D eigenvalue weighted by Gasteiger charge is 2.33. The molecule has 2 aromatic rings.